The van der Waals surface area contributed by atoms with Gasteiger partial charge < -0.3 is 0 Å². The maximum Gasteiger partial charge on any atom is 0.161 e. The predicted octanol–water partition coefficient (Wildman–Crippen LogP) is 11.2. The summed E-state index contributed by atoms with van der Waals surface area (Å²) in [5, 5.41) is 4.93. The van der Waals surface area contributed by atoms with Gasteiger partial charge in [0.1, 0.15) is 0 Å². The predicted molar refractivity (Wildman–Crippen MR) is 194 cm³/mol. The maximum absolute atomic E-state index is 5.13. The number of nitrogens with zero attached hydrogens (tertiary/aromatic N) is 3. The van der Waals surface area contributed by atoms with E-state index in [2.05, 4.69) is 128 Å². The summed E-state index contributed by atoms with van der Waals surface area (Å²) in [6, 6.07) is 49.8. The van der Waals surface area contributed by atoms with Crippen molar-refractivity contribution in [3.63, 3.8) is 0 Å². The Labute approximate surface area is 274 Å². The highest BCUT2D eigenvalue weighted by Gasteiger charge is 2.37. The first-order chi connectivity index (χ1) is 23.1. The molecule has 0 unspecified atom stereocenters. The van der Waals surface area contributed by atoms with E-state index in [0.29, 0.717) is 5.82 Å². The molecule has 3 nitrogen and oxygen atoms in total. The third-order valence-electron chi connectivity index (χ3n) is 9.77. The van der Waals surface area contributed by atoms with Gasteiger partial charge in [0.25, 0.3) is 0 Å². The number of aromatic nitrogens is 3. The highest BCUT2D eigenvalue weighted by Crippen LogP contribution is 2.52. The molecule has 0 bridgehead atoms. The average molecular weight is 602 g/mol. The second-order valence-corrected chi connectivity index (χ2v) is 12.9. The molecule has 0 fully saturated rings. The fraction of sp³-hybridized carbons (Fsp3) is 0.0682. The van der Waals surface area contributed by atoms with Crippen LogP contribution in [0.1, 0.15) is 25.0 Å². The molecule has 3 heteroatoms. The number of pyridine rings is 1. The maximum atomic E-state index is 5.13. The molecular weight excluding hydrogens is 571 g/mol. The fourth-order valence-electron chi connectivity index (χ4n) is 7.52. The van der Waals surface area contributed by atoms with Crippen molar-refractivity contribution in [2.45, 2.75) is 19.3 Å². The quantitative estimate of drug-likeness (QED) is 0.201. The van der Waals surface area contributed by atoms with Crippen molar-refractivity contribution in [2.75, 3.05) is 0 Å². The fourth-order valence-corrected chi connectivity index (χ4v) is 7.52. The lowest BCUT2D eigenvalue weighted by atomic mass is 9.80. The first-order valence-electron chi connectivity index (χ1n) is 16.1. The Morgan fingerprint density at radius 2 is 1.13 bits per heavy atom. The lowest BCUT2D eigenvalue weighted by Crippen LogP contribution is -2.15. The molecule has 9 rings (SSSR count). The van der Waals surface area contributed by atoms with Crippen LogP contribution in [0.4, 0.5) is 0 Å². The monoisotopic (exact) mass is 601 g/mol. The van der Waals surface area contributed by atoms with Gasteiger partial charge >= 0.3 is 0 Å². The minimum Gasteiger partial charge on any atom is -0.264 e. The molecule has 0 amide bonds. The van der Waals surface area contributed by atoms with Crippen LogP contribution in [0.15, 0.2) is 152 Å². The molecule has 0 saturated carbocycles. The normalized spacial score (nSPS) is 13.1. The summed E-state index contributed by atoms with van der Waals surface area (Å²) in [6.07, 6.45) is 3.65. The molecule has 0 aliphatic heterocycles. The first kappa shape index (κ1) is 27.4. The summed E-state index contributed by atoms with van der Waals surface area (Å²) in [4.78, 5) is 14.6. The highest BCUT2D eigenvalue weighted by molar-refractivity contribution is 6.05. The van der Waals surface area contributed by atoms with Crippen LogP contribution in [0, 0.1) is 0 Å². The molecule has 0 N–H and O–H groups in total. The number of fused-ring (bicyclic) bond motifs is 6. The van der Waals surface area contributed by atoms with Gasteiger partial charge in [0, 0.05) is 34.5 Å². The van der Waals surface area contributed by atoms with Crippen molar-refractivity contribution in [3.8, 4) is 56.2 Å². The molecule has 1 aliphatic rings. The zero-order chi connectivity index (χ0) is 31.5. The van der Waals surface area contributed by atoms with E-state index >= 15 is 0 Å². The second kappa shape index (κ2) is 10.6. The summed E-state index contributed by atoms with van der Waals surface area (Å²) in [6.45, 7) is 4.72. The van der Waals surface area contributed by atoms with Crippen molar-refractivity contribution in [3.05, 3.63) is 163 Å². The van der Waals surface area contributed by atoms with Crippen LogP contribution in [0.3, 0.4) is 0 Å². The SMILES string of the molecule is CC1(C)c2ccc(-c3ccc(-c4nc(-c5ccccc5)cc(-c5cccnc5)n4)c4ccccc34)cc2-c2ccc3ccccc3c21. The van der Waals surface area contributed by atoms with E-state index in [1.165, 1.54) is 49.5 Å². The van der Waals surface area contributed by atoms with E-state index in [0.717, 1.165) is 33.5 Å². The van der Waals surface area contributed by atoms with E-state index in [9.17, 15) is 0 Å². The molecule has 6 aromatic carbocycles. The van der Waals surface area contributed by atoms with Gasteiger partial charge in [0.15, 0.2) is 5.82 Å². The lowest BCUT2D eigenvalue weighted by molar-refractivity contribution is 0.666. The Morgan fingerprint density at radius 3 is 1.91 bits per heavy atom. The Bertz CT molecular complexity index is 2420. The van der Waals surface area contributed by atoms with E-state index in [1.54, 1.807) is 6.20 Å². The number of rotatable bonds is 4. The summed E-state index contributed by atoms with van der Waals surface area (Å²) in [7, 11) is 0. The van der Waals surface area contributed by atoms with Crippen LogP contribution in [0.5, 0.6) is 0 Å². The van der Waals surface area contributed by atoms with E-state index in [1.807, 2.05) is 36.5 Å². The molecule has 0 saturated heterocycles. The molecule has 1 aliphatic carbocycles. The smallest absolute Gasteiger partial charge is 0.161 e. The largest absolute Gasteiger partial charge is 0.264 e. The molecule has 2 heterocycles. The zero-order valence-electron chi connectivity index (χ0n) is 26.3. The summed E-state index contributed by atoms with van der Waals surface area (Å²) < 4.78 is 0. The Balaban J connectivity index is 1.22. The van der Waals surface area contributed by atoms with Crippen molar-refractivity contribution >= 4 is 21.5 Å². The van der Waals surface area contributed by atoms with Crippen LogP contribution in [-0.4, -0.2) is 15.0 Å². The standard InChI is InChI=1S/C44H31N3/c1-44(2)39-23-19-30(25-38(39)36-20-18-28-11-6-7-15-33(28)42(36)44)32-21-22-37(35-17-9-8-16-34(32)35)43-46-40(29-12-4-3-5-13-29)26-41(47-43)31-14-10-24-45-27-31/h3-27H,1-2H3. The van der Waals surface area contributed by atoms with Crippen LogP contribution >= 0.6 is 0 Å². The Hall–Kier alpha value is -5.93. The van der Waals surface area contributed by atoms with Crippen LogP contribution < -0.4 is 0 Å². The summed E-state index contributed by atoms with van der Waals surface area (Å²) in [5.41, 5.74) is 12.5. The first-order valence-corrected chi connectivity index (χ1v) is 16.1. The highest BCUT2D eigenvalue weighted by atomic mass is 14.9. The number of benzene rings is 6. The minimum absolute atomic E-state index is 0.0803. The van der Waals surface area contributed by atoms with Gasteiger partial charge in [-0.25, -0.2) is 9.97 Å². The van der Waals surface area contributed by atoms with Crippen molar-refractivity contribution in [1.29, 1.82) is 0 Å². The van der Waals surface area contributed by atoms with Crippen LogP contribution in [0.25, 0.3) is 77.7 Å². The van der Waals surface area contributed by atoms with Gasteiger partial charge in [-0.05, 0) is 85.3 Å². The molecule has 0 radical (unpaired) electrons. The second-order valence-electron chi connectivity index (χ2n) is 12.9. The molecule has 222 valence electrons. The molecule has 0 spiro atoms. The Kier molecular flexibility index (Phi) is 6.16. The van der Waals surface area contributed by atoms with E-state index < -0.39 is 0 Å². The topological polar surface area (TPSA) is 38.7 Å². The molecule has 2 aromatic heterocycles. The van der Waals surface area contributed by atoms with Crippen molar-refractivity contribution in [1.82, 2.24) is 15.0 Å². The number of hydrogen-bond acceptors (Lipinski definition) is 3. The number of hydrogen-bond donors (Lipinski definition) is 0. The van der Waals surface area contributed by atoms with Crippen LogP contribution in [-0.2, 0) is 5.41 Å². The molecular formula is C44H31N3. The molecule has 8 aromatic rings. The van der Waals surface area contributed by atoms with Gasteiger partial charge in [-0.15, -0.1) is 0 Å². The van der Waals surface area contributed by atoms with Crippen LogP contribution in [0.2, 0.25) is 0 Å². The summed E-state index contributed by atoms with van der Waals surface area (Å²) >= 11 is 0. The van der Waals surface area contributed by atoms with Crippen molar-refractivity contribution in [2.24, 2.45) is 0 Å². The third kappa shape index (κ3) is 4.39. The summed E-state index contributed by atoms with van der Waals surface area (Å²) in [5.74, 6) is 0.699. The zero-order valence-corrected chi connectivity index (χ0v) is 26.3. The Morgan fingerprint density at radius 1 is 0.468 bits per heavy atom. The van der Waals surface area contributed by atoms with Crippen molar-refractivity contribution < 1.29 is 0 Å². The third-order valence-corrected chi connectivity index (χ3v) is 9.77. The average Bonchev–Trinajstić information content (AvgIpc) is 3.37. The molecule has 47 heavy (non-hydrogen) atoms. The van der Waals surface area contributed by atoms with Gasteiger partial charge in [0.2, 0.25) is 0 Å². The van der Waals surface area contributed by atoms with Gasteiger partial charge in [0.05, 0.1) is 11.4 Å². The van der Waals surface area contributed by atoms with Gasteiger partial charge in [-0.1, -0.05) is 123 Å². The molecule has 0 atom stereocenters. The lowest BCUT2D eigenvalue weighted by Gasteiger charge is -2.23. The minimum atomic E-state index is -0.0803. The van der Waals surface area contributed by atoms with E-state index in [4.69, 9.17) is 9.97 Å². The van der Waals surface area contributed by atoms with E-state index in [-0.39, 0.29) is 5.41 Å². The van der Waals surface area contributed by atoms with Gasteiger partial charge in [-0.2, -0.15) is 0 Å². The van der Waals surface area contributed by atoms with Gasteiger partial charge in [-0.3, -0.25) is 4.98 Å².